The van der Waals surface area contributed by atoms with Crippen LogP contribution in [0.15, 0.2) is 35.4 Å². The minimum absolute atomic E-state index is 0.139. The second-order valence-electron chi connectivity index (χ2n) is 6.05. The Morgan fingerprint density at radius 3 is 2.96 bits per heavy atom. The van der Waals surface area contributed by atoms with Gasteiger partial charge in [0.1, 0.15) is 5.75 Å². The monoisotopic (exact) mass is 378 g/mol. The Bertz CT molecular complexity index is 940. The second-order valence-corrected chi connectivity index (χ2v) is 7.70. The van der Waals surface area contributed by atoms with Crippen molar-refractivity contribution in [2.45, 2.75) is 30.3 Å². The first kappa shape index (κ1) is 16.7. The summed E-state index contributed by atoms with van der Waals surface area (Å²) < 4.78 is 39.5. The van der Waals surface area contributed by atoms with Crippen molar-refractivity contribution in [1.82, 2.24) is 19.8 Å². The molecule has 2 N–H and O–H groups in total. The first-order valence-corrected chi connectivity index (χ1v) is 9.76. The maximum atomic E-state index is 12.5. The van der Waals surface area contributed by atoms with E-state index >= 15 is 0 Å². The van der Waals surface area contributed by atoms with Crippen LogP contribution in [0.5, 0.6) is 11.6 Å². The number of ether oxygens (including phenoxy) is 2. The normalized spacial score (nSPS) is 18.7. The molecular formula is C16H18N4O5S. The molecule has 0 fully saturated rings. The first-order valence-electron chi connectivity index (χ1n) is 8.28. The molecule has 0 bridgehead atoms. The Morgan fingerprint density at radius 1 is 1.23 bits per heavy atom. The van der Waals surface area contributed by atoms with Crippen molar-refractivity contribution in [2.24, 2.45) is 0 Å². The van der Waals surface area contributed by atoms with Gasteiger partial charge in [-0.2, -0.15) is 5.10 Å². The highest BCUT2D eigenvalue weighted by atomic mass is 32.2. The summed E-state index contributed by atoms with van der Waals surface area (Å²) >= 11 is 0. The molecule has 2 amide bonds. The molecule has 2 aliphatic heterocycles. The van der Waals surface area contributed by atoms with E-state index in [0.717, 1.165) is 12.0 Å². The van der Waals surface area contributed by atoms with Gasteiger partial charge in [-0.1, -0.05) is 18.2 Å². The predicted molar refractivity (Wildman–Crippen MR) is 90.5 cm³/mol. The summed E-state index contributed by atoms with van der Waals surface area (Å²) in [6.07, 6.45) is 2.50. The summed E-state index contributed by atoms with van der Waals surface area (Å²) in [5.74, 6) is 0.846. The van der Waals surface area contributed by atoms with Gasteiger partial charge >= 0.3 is 6.03 Å². The molecule has 9 nitrogen and oxygen atoms in total. The number of fused-ring (bicyclic) bond motifs is 2. The average Bonchev–Trinajstić information content (AvgIpc) is 3.06. The third kappa shape index (κ3) is 3.07. The smallest absolute Gasteiger partial charge is 0.329 e. The van der Waals surface area contributed by atoms with E-state index in [9.17, 15) is 13.2 Å². The lowest BCUT2D eigenvalue weighted by atomic mass is 10.0. The number of nitrogens with zero attached hydrogens (tertiary/aromatic N) is 2. The van der Waals surface area contributed by atoms with Crippen LogP contribution in [0.1, 0.15) is 24.4 Å². The molecule has 0 radical (unpaired) electrons. The summed E-state index contributed by atoms with van der Waals surface area (Å²) in [7, 11) is -4.09. The number of benzene rings is 1. The van der Waals surface area contributed by atoms with Gasteiger partial charge in [0.2, 0.25) is 5.88 Å². The van der Waals surface area contributed by atoms with Gasteiger partial charge in [-0.05, 0) is 6.07 Å². The van der Waals surface area contributed by atoms with Crippen LogP contribution in [0.3, 0.4) is 0 Å². The van der Waals surface area contributed by atoms with Crippen molar-refractivity contribution in [1.29, 1.82) is 0 Å². The second kappa shape index (κ2) is 6.52. The molecule has 4 rings (SSSR count). The molecule has 10 heteroatoms. The number of rotatable bonds is 3. The predicted octanol–water partition coefficient (Wildman–Crippen LogP) is 1.18. The molecule has 1 aromatic heterocycles. The van der Waals surface area contributed by atoms with Crippen molar-refractivity contribution in [3.63, 3.8) is 0 Å². The number of aryl methyl sites for hydroxylation is 1. The van der Waals surface area contributed by atoms with E-state index in [1.165, 1.54) is 10.9 Å². The molecular weight excluding hydrogens is 360 g/mol. The van der Waals surface area contributed by atoms with Crippen molar-refractivity contribution in [3.05, 3.63) is 36.0 Å². The highest BCUT2D eigenvalue weighted by molar-refractivity contribution is 7.90. The van der Waals surface area contributed by atoms with Crippen LogP contribution in [0.25, 0.3) is 0 Å². The number of aromatic nitrogens is 2. The summed E-state index contributed by atoms with van der Waals surface area (Å²) in [6, 6.07) is 6.21. The Morgan fingerprint density at radius 2 is 2.08 bits per heavy atom. The van der Waals surface area contributed by atoms with Crippen LogP contribution >= 0.6 is 0 Å². The van der Waals surface area contributed by atoms with Crippen molar-refractivity contribution in [2.75, 3.05) is 13.2 Å². The average molecular weight is 378 g/mol. The number of carbonyl (C=O) groups is 1. The van der Waals surface area contributed by atoms with Gasteiger partial charge in [0.15, 0.2) is 4.90 Å². The molecule has 3 heterocycles. The van der Waals surface area contributed by atoms with Crippen LogP contribution < -0.4 is 19.5 Å². The van der Waals surface area contributed by atoms with Crippen LogP contribution in [-0.2, 0) is 16.6 Å². The van der Waals surface area contributed by atoms with E-state index in [0.29, 0.717) is 31.9 Å². The molecule has 0 aliphatic carbocycles. The van der Waals surface area contributed by atoms with Crippen molar-refractivity contribution < 1.29 is 22.7 Å². The number of amides is 2. The van der Waals surface area contributed by atoms with Gasteiger partial charge in [-0.15, -0.1) is 0 Å². The Kier molecular flexibility index (Phi) is 4.19. The number of hydrogen-bond donors (Lipinski definition) is 2. The third-order valence-corrected chi connectivity index (χ3v) is 5.61. The number of carbonyl (C=O) groups excluding carboxylic acids is 1. The fraction of sp³-hybridized carbons (Fsp3) is 0.375. The van der Waals surface area contributed by atoms with Crippen LogP contribution in [-0.4, -0.2) is 37.4 Å². The molecule has 26 heavy (non-hydrogen) atoms. The van der Waals surface area contributed by atoms with Crippen LogP contribution in [0.2, 0.25) is 0 Å². The van der Waals surface area contributed by atoms with E-state index in [1.54, 1.807) is 0 Å². The Hall–Kier alpha value is -2.75. The summed E-state index contributed by atoms with van der Waals surface area (Å²) in [6.45, 7) is 1.44. The van der Waals surface area contributed by atoms with Gasteiger partial charge in [0.25, 0.3) is 10.0 Å². The van der Waals surface area contributed by atoms with Gasteiger partial charge < -0.3 is 14.8 Å². The van der Waals surface area contributed by atoms with Gasteiger partial charge in [-0.25, -0.2) is 22.6 Å². The molecule has 1 aromatic carbocycles. The number of urea groups is 1. The maximum Gasteiger partial charge on any atom is 0.329 e. The van der Waals surface area contributed by atoms with Crippen molar-refractivity contribution >= 4 is 16.1 Å². The fourth-order valence-electron chi connectivity index (χ4n) is 3.09. The molecule has 138 valence electrons. The highest BCUT2D eigenvalue weighted by Gasteiger charge is 2.30. The standard InChI is InChI=1S/C16H18N4O5S/c21-16(18-12-6-9-24-13-5-2-1-4-11(12)13)19-26(22,23)14-10-17-20-7-3-8-25-15(14)20/h1-2,4-5,10,12H,3,6-9H2,(H2,18,19,21). The van der Waals surface area contributed by atoms with Gasteiger partial charge in [-0.3, -0.25) is 0 Å². The molecule has 0 saturated heterocycles. The third-order valence-electron chi connectivity index (χ3n) is 4.29. The van der Waals surface area contributed by atoms with E-state index in [2.05, 4.69) is 10.4 Å². The van der Waals surface area contributed by atoms with Gasteiger partial charge in [0, 0.05) is 24.9 Å². The van der Waals surface area contributed by atoms with E-state index in [1.807, 2.05) is 29.0 Å². The lowest BCUT2D eigenvalue weighted by Gasteiger charge is -2.26. The molecule has 1 atom stereocenters. The minimum Gasteiger partial charge on any atom is -0.493 e. The Balaban J connectivity index is 1.49. The highest BCUT2D eigenvalue weighted by Crippen LogP contribution is 2.31. The van der Waals surface area contributed by atoms with E-state index < -0.39 is 16.1 Å². The lowest BCUT2D eigenvalue weighted by Crippen LogP contribution is -2.42. The molecule has 0 saturated carbocycles. The molecule has 2 aromatic rings. The maximum absolute atomic E-state index is 12.5. The van der Waals surface area contributed by atoms with Crippen LogP contribution in [0, 0.1) is 0 Å². The number of hydrogen-bond acceptors (Lipinski definition) is 6. The zero-order valence-corrected chi connectivity index (χ0v) is 14.7. The lowest BCUT2D eigenvalue weighted by molar-refractivity contribution is 0.224. The van der Waals surface area contributed by atoms with Crippen molar-refractivity contribution in [3.8, 4) is 11.6 Å². The first-order chi connectivity index (χ1) is 12.5. The Labute approximate surface area is 150 Å². The summed E-state index contributed by atoms with van der Waals surface area (Å²) in [5.41, 5.74) is 0.817. The van der Waals surface area contributed by atoms with Gasteiger partial charge in [0.05, 0.1) is 25.5 Å². The summed E-state index contributed by atoms with van der Waals surface area (Å²) in [4.78, 5) is 12.2. The summed E-state index contributed by atoms with van der Waals surface area (Å²) in [5, 5.41) is 6.70. The molecule has 0 spiro atoms. The zero-order valence-electron chi connectivity index (χ0n) is 13.8. The number of para-hydroxylation sites is 1. The molecule has 2 aliphatic rings. The topological polar surface area (TPSA) is 112 Å². The molecule has 1 unspecified atom stereocenters. The largest absolute Gasteiger partial charge is 0.493 e. The number of nitrogens with one attached hydrogen (secondary N) is 2. The SMILES string of the molecule is O=C(NC1CCOc2ccccc21)NS(=O)(=O)c1cnn2c1OCCC2. The fourth-order valence-corrected chi connectivity index (χ4v) is 4.08. The number of sulfonamides is 1. The quantitative estimate of drug-likeness (QED) is 0.829. The zero-order chi connectivity index (χ0) is 18.1. The van der Waals surface area contributed by atoms with Crippen LogP contribution in [0.4, 0.5) is 4.79 Å². The minimum atomic E-state index is -4.09. The van der Waals surface area contributed by atoms with E-state index in [4.69, 9.17) is 9.47 Å². The van der Waals surface area contributed by atoms with E-state index in [-0.39, 0.29) is 16.8 Å².